The van der Waals surface area contributed by atoms with E-state index >= 15 is 0 Å². The Morgan fingerprint density at radius 1 is 1.17 bits per heavy atom. The van der Waals surface area contributed by atoms with Crippen LogP contribution < -0.4 is 4.74 Å². The van der Waals surface area contributed by atoms with Gasteiger partial charge in [0.05, 0.1) is 11.1 Å². The molecule has 1 aliphatic carbocycles. The number of halogens is 2. The predicted molar refractivity (Wildman–Crippen MR) is 100 cm³/mol. The third-order valence-corrected chi connectivity index (χ3v) is 4.77. The molecule has 2 N–H and O–H groups in total. The number of alkyl halides is 2. The van der Waals surface area contributed by atoms with Crippen LogP contribution in [0.25, 0.3) is 16.8 Å². The standard InChI is InChI=1S/C21H17F2NO5/c1-21(19(27)28)11-13(18(25)26)7-8-16(21)15-6-3-9-24-17(15)12-4-2-5-14(10-12)29-20(22)23/h2-10,20H,11H2,1H3,(H,25,26)(H,27,28). The van der Waals surface area contributed by atoms with Crippen LogP contribution in [0.1, 0.15) is 18.9 Å². The van der Waals surface area contributed by atoms with Crippen LogP contribution >= 0.6 is 0 Å². The molecule has 0 aliphatic heterocycles. The highest BCUT2D eigenvalue weighted by Crippen LogP contribution is 2.45. The van der Waals surface area contributed by atoms with E-state index in [2.05, 4.69) is 9.72 Å². The van der Waals surface area contributed by atoms with E-state index in [1.54, 1.807) is 18.2 Å². The summed E-state index contributed by atoms with van der Waals surface area (Å²) in [5, 5.41) is 19.1. The number of nitrogens with zero attached hydrogens (tertiary/aromatic N) is 1. The van der Waals surface area contributed by atoms with E-state index in [0.29, 0.717) is 22.4 Å². The van der Waals surface area contributed by atoms with E-state index in [4.69, 9.17) is 0 Å². The maximum atomic E-state index is 12.6. The van der Waals surface area contributed by atoms with E-state index in [-0.39, 0.29) is 17.7 Å². The minimum atomic E-state index is -2.98. The Morgan fingerprint density at radius 3 is 2.59 bits per heavy atom. The third-order valence-electron chi connectivity index (χ3n) is 4.77. The molecule has 0 fully saturated rings. The largest absolute Gasteiger partial charge is 0.481 e. The van der Waals surface area contributed by atoms with Gasteiger partial charge in [-0.15, -0.1) is 0 Å². The summed E-state index contributed by atoms with van der Waals surface area (Å²) in [5.41, 5.74) is 0.151. The Hall–Kier alpha value is -3.55. The number of aliphatic carboxylic acids is 2. The monoisotopic (exact) mass is 401 g/mol. The molecular formula is C21H17F2NO5. The van der Waals surface area contributed by atoms with E-state index in [1.165, 1.54) is 43.5 Å². The molecule has 0 bridgehead atoms. The van der Waals surface area contributed by atoms with Crippen molar-refractivity contribution in [2.45, 2.75) is 20.0 Å². The number of hydrogen-bond acceptors (Lipinski definition) is 4. The van der Waals surface area contributed by atoms with Crippen molar-refractivity contribution in [2.75, 3.05) is 0 Å². The zero-order chi connectivity index (χ0) is 21.2. The maximum Gasteiger partial charge on any atom is 0.387 e. The summed E-state index contributed by atoms with van der Waals surface area (Å²) < 4.78 is 29.5. The first kappa shape index (κ1) is 20.2. The van der Waals surface area contributed by atoms with Gasteiger partial charge >= 0.3 is 18.6 Å². The lowest BCUT2D eigenvalue weighted by molar-refractivity contribution is -0.144. The number of ether oxygens (including phenoxy) is 1. The average Bonchev–Trinajstić information content (AvgIpc) is 2.67. The van der Waals surface area contributed by atoms with Crippen molar-refractivity contribution in [1.29, 1.82) is 0 Å². The minimum absolute atomic E-state index is 0.0172. The third kappa shape index (κ3) is 4.01. The minimum Gasteiger partial charge on any atom is -0.481 e. The molecule has 6 nitrogen and oxygen atoms in total. The topological polar surface area (TPSA) is 96.7 Å². The first-order chi connectivity index (χ1) is 13.7. The molecule has 0 saturated heterocycles. The molecular weight excluding hydrogens is 384 g/mol. The van der Waals surface area contributed by atoms with Crippen molar-refractivity contribution >= 4 is 17.5 Å². The van der Waals surface area contributed by atoms with Gasteiger partial charge in [-0.3, -0.25) is 9.78 Å². The van der Waals surface area contributed by atoms with Crippen LogP contribution in [0.5, 0.6) is 5.75 Å². The fourth-order valence-electron chi connectivity index (χ4n) is 3.30. The van der Waals surface area contributed by atoms with Crippen LogP contribution in [0.3, 0.4) is 0 Å². The van der Waals surface area contributed by atoms with Gasteiger partial charge in [0.2, 0.25) is 0 Å². The van der Waals surface area contributed by atoms with Gasteiger partial charge in [0.25, 0.3) is 0 Å². The lowest BCUT2D eigenvalue weighted by atomic mass is 9.70. The molecule has 0 saturated carbocycles. The Kier molecular flexibility index (Phi) is 5.45. The van der Waals surface area contributed by atoms with Crippen molar-refractivity contribution in [3.05, 3.63) is 65.9 Å². The fraction of sp³-hybridized carbons (Fsp3) is 0.190. The summed E-state index contributed by atoms with van der Waals surface area (Å²) in [7, 11) is 0. The molecule has 1 unspecified atom stereocenters. The van der Waals surface area contributed by atoms with E-state index in [9.17, 15) is 28.6 Å². The second-order valence-electron chi connectivity index (χ2n) is 6.70. The van der Waals surface area contributed by atoms with Gasteiger partial charge in [0.15, 0.2) is 0 Å². The van der Waals surface area contributed by atoms with Gasteiger partial charge in [-0.2, -0.15) is 8.78 Å². The van der Waals surface area contributed by atoms with Crippen molar-refractivity contribution in [3.8, 4) is 17.0 Å². The van der Waals surface area contributed by atoms with Crippen LogP contribution in [-0.4, -0.2) is 33.7 Å². The highest BCUT2D eigenvalue weighted by molar-refractivity contribution is 5.99. The molecule has 1 atom stereocenters. The van der Waals surface area contributed by atoms with Gasteiger partial charge in [-0.1, -0.05) is 30.4 Å². The number of carboxylic acid groups (broad SMARTS) is 2. The van der Waals surface area contributed by atoms with Crippen LogP contribution in [0.4, 0.5) is 8.78 Å². The summed E-state index contributed by atoms with van der Waals surface area (Å²) in [6.45, 7) is -1.53. The Labute approximate surface area is 164 Å². The highest BCUT2D eigenvalue weighted by atomic mass is 19.3. The Balaban J connectivity index is 2.16. The second-order valence-corrected chi connectivity index (χ2v) is 6.70. The number of pyridine rings is 1. The second kappa shape index (κ2) is 7.83. The molecule has 0 radical (unpaired) electrons. The van der Waals surface area contributed by atoms with Gasteiger partial charge in [-0.05, 0) is 37.1 Å². The van der Waals surface area contributed by atoms with Crippen molar-refractivity contribution in [3.63, 3.8) is 0 Å². The summed E-state index contributed by atoms with van der Waals surface area (Å²) in [5.74, 6) is -2.42. The molecule has 1 aromatic heterocycles. The molecule has 1 aliphatic rings. The molecule has 0 amide bonds. The first-order valence-corrected chi connectivity index (χ1v) is 8.61. The van der Waals surface area contributed by atoms with Crippen LogP contribution in [0.2, 0.25) is 0 Å². The highest BCUT2D eigenvalue weighted by Gasteiger charge is 2.42. The lowest BCUT2D eigenvalue weighted by Gasteiger charge is -2.31. The molecule has 150 valence electrons. The van der Waals surface area contributed by atoms with E-state index in [1.807, 2.05) is 0 Å². The number of benzene rings is 1. The summed E-state index contributed by atoms with van der Waals surface area (Å²) in [6, 6.07) is 9.22. The number of allylic oxidation sites excluding steroid dienone is 2. The normalized spacial score (nSPS) is 18.8. The van der Waals surface area contributed by atoms with E-state index < -0.39 is 24.0 Å². The first-order valence-electron chi connectivity index (χ1n) is 8.61. The van der Waals surface area contributed by atoms with Gasteiger partial charge < -0.3 is 14.9 Å². The summed E-state index contributed by atoms with van der Waals surface area (Å²) in [6.07, 6.45) is 4.13. The van der Waals surface area contributed by atoms with Crippen LogP contribution in [-0.2, 0) is 9.59 Å². The number of carbonyl (C=O) groups is 2. The fourth-order valence-corrected chi connectivity index (χ4v) is 3.30. The molecule has 3 rings (SSSR count). The molecule has 8 heteroatoms. The quantitative estimate of drug-likeness (QED) is 0.752. The number of hydrogen-bond donors (Lipinski definition) is 2. The smallest absolute Gasteiger partial charge is 0.387 e. The van der Waals surface area contributed by atoms with Crippen LogP contribution in [0, 0.1) is 5.41 Å². The van der Waals surface area contributed by atoms with Gasteiger partial charge in [0.1, 0.15) is 5.75 Å². The molecule has 1 heterocycles. The van der Waals surface area contributed by atoms with Crippen LogP contribution in [0.15, 0.2) is 60.3 Å². The predicted octanol–water partition coefficient (Wildman–Crippen LogP) is 4.24. The number of aromatic nitrogens is 1. The van der Waals surface area contributed by atoms with Crippen molar-refractivity contribution in [1.82, 2.24) is 4.98 Å². The lowest BCUT2D eigenvalue weighted by Crippen LogP contribution is -2.32. The van der Waals surface area contributed by atoms with Gasteiger partial charge in [0, 0.05) is 22.9 Å². The zero-order valence-electron chi connectivity index (χ0n) is 15.3. The Morgan fingerprint density at radius 2 is 1.93 bits per heavy atom. The average molecular weight is 401 g/mol. The maximum absolute atomic E-state index is 12.6. The SMILES string of the molecule is CC1(C(=O)O)CC(C(=O)O)=CC=C1c1cccnc1-c1cccc(OC(F)F)c1. The molecule has 0 spiro atoms. The summed E-state index contributed by atoms with van der Waals surface area (Å²) >= 11 is 0. The van der Waals surface area contributed by atoms with Crippen molar-refractivity contribution in [2.24, 2.45) is 5.41 Å². The molecule has 1 aromatic carbocycles. The number of rotatable bonds is 6. The molecule has 29 heavy (non-hydrogen) atoms. The zero-order valence-corrected chi connectivity index (χ0v) is 15.3. The number of carboxylic acids is 2. The molecule has 2 aromatic rings. The van der Waals surface area contributed by atoms with Gasteiger partial charge in [-0.25, -0.2) is 4.79 Å². The summed E-state index contributed by atoms with van der Waals surface area (Å²) in [4.78, 5) is 27.7. The Bertz CT molecular complexity index is 1030. The van der Waals surface area contributed by atoms with E-state index in [0.717, 1.165) is 0 Å². The van der Waals surface area contributed by atoms with Crippen molar-refractivity contribution < 1.29 is 33.3 Å².